The molecule has 1 aromatic carbocycles. The first-order chi connectivity index (χ1) is 8.65. The zero-order valence-electron chi connectivity index (χ0n) is 10.7. The van der Waals surface area contributed by atoms with Crippen molar-refractivity contribution >= 4 is 5.91 Å². The standard InChI is InChI=1S/C14H20N2O2/c1-16(14(18)12(15)9-17)13-8-4-6-10-5-2-3-7-11(10)13/h2-3,5,7,12-13,17H,4,6,8-9,15H2,1H3/t12-,13+/m0/s1. The summed E-state index contributed by atoms with van der Waals surface area (Å²) in [5.41, 5.74) is 8.13. The number of aryl methyl sites for hydroxylation is 1. The van der Waals surface area contributed by atoms with Gasteiger partial charge in [-0.1, -0.05) is 24.3 Å². The Morgan fingerprint density at radius 2 is 2.28 bits per heavy atom. The summed E-state index contributed by atoms with van der Waals surface area (Å²) in [6.07, 6.45) is 3.10. The summed E-state index contributed by atoms with van der Waals surface area (Å²) in [4.78, 5) is 13.7. The average Bonchev–Trinajstić information content (AvgIpc) is 2.44. The molecule has 3 N–H and O–H groups in total. The van der Waals surface area contributed by atoms with Crippen LogP contribution in [0.2, 0.25) is 0 Å². The summed E-state index contributed by atoms with van der Waals surface area (Å²) in [6, 6.07) is 7.49. The monoisotopic (exact) mass is 248 g/mol. The van der Waals surface area contributed by atoms with Crippen molar-refractivity contribution in [3.63, 3.8) is 0 Å². The molecule has 1 amide bonds. The summed E-state index contributed by atoms with van der Waals surface area (Å²) in [6.45, 7) is -0.308. The van der Waals surface area contributed by atoms with Gasteiger partial charge in [-0.2, -0.15) is 0 Å². The van der Waals surface area contributed by atoms with Crippen molar-refractivity contribution in [2.75, 3.05) is 13.7 Å². The number of benzene rings is 1. The SMILES string of the molecule is CN(C(=O)[C@@H](N)CO)[C@@H]1CCCc2ccccc21. The molecule has 4 heteroatoms. The Labute approximate surface area is 107 Å². The fourth-order valence-corrected chi connectivity index (χ4v) is 2.62. The second-order valence-electron chi connectivity index (χ2n) is 4.85. The zero-order valence-corrected chi connectivity index (χ0v) is 10.7. The van der Waals surface area contributed by atoms with Gasteiger partial charge in [0.1, 0.15) is 6.04 Å². The highest BCUT2D eigenvalue weighted by atomic mass is 16.3. The Hall–Kier alpha value is -1.39. The van der Waals surface area contributed by atoms with E-state index in [1.165, 1.54) is 11.1 Å². The van der Waals surface area contributed by atoms with Gasteiger partial charge < -0.3 is 15.7 Å². The van der Waals surface area contributed by atoms with E-state index in [1.54, 1.807) is 11.9 Å². The number of rotatable bonds is 3. The van der Waals surface area contributed by atoms with Gasteiger partial charge in [0.25, 0.3) is 0 Å². The molecule has 1 aliphatic carbocycles. The highest BCUT2D eigenvalue weighted by Gasteiger charge is 2.28. The molecule has 18 heavy (non-hydrogen) atoms. The lowest BCUT2D eigenvalue weighted by Crippen LogP contribution is -2.45. The third-order valence-electron chi connectivity index (χ3n) is 3.67. The van der Waals surface area contributed by atoms with E-state index in [1.807, 2.05) is 12.1 Å². The number of hydrogen-bond donors (Lipinski definition) is 2. The molecule has 98 valence electrons. The number of likely N-dealkylation sites (N-methyl/N-ethyl adjacent to an activating group) is 1. The van der Waals surface area contributed by atoms with Gasteiger partial charge in [-0.25, -0.2) is 0 Å². The van der Waals surface area contributed by atoms with Crippen LogP contribution >= 0.6 is 0 Å². The molecule has 0 bridgehead atoms. The molecular formula is C14H20N2O2. The van der Waals surface area contributed by atoms with E-state index in [0.717, 1.165) is 19.3 Å². The summed E-state index contributed by atoms with van der Waals surface area (Å²) < 4.78 is 0. The predicted molar refractivity (Wildman–Crippen MR) is 70.0 cm³/mol. The number of amides is 1. The molecule has 0 aromatic heterocycles. The largest absolute Gasteiger partial charge is 0.394 e. The van der Waals surface area contributed by atoms with Crippen LogP contribution in [0.25, 0.3) is 0 Å². The highest BCUT2D eigenvalue weighted by Crippen LogP contribution is 2.33. The van der Waals surface area contributed by atoms with E-state index < -0.39 is 6.04 Å². The lowest BCUT2D eigenvalue weighted by Gasteiger charge is -2.34. The van der Waals surface area contributed by atoms with Gasteiger partial charge in [0.05, 0.1) is 12.6 Å². The maximum absolute atomic E-state index is 12.0. The van der Waals surface area contributed by atoms with E-state index in [2.05, 4.69) is 12.1 Å². The van der Waals surface area contributed by atoms with Crippen molar-refractivity contribution in [1.82, 2.24) is 4.90 Å². The van der Waals surface area contributed by atoms with Crippen LogP contribution in [0.3, 0.4) is 0 Å². The molecule has 0 saturated heterocycles. The second-order valence-corrected chi connectivity index (χ2v) is 4.85. The number of carbonyl (C=O) groups is 1. The minimum absolute atomic E-state index is 0.0834. The van der Waals surface area contributed by atoms with Crippen LogP contribution in [0.5, 0.6) is 0 Å². The molecule has 0 saturated carbocycles. The maximum atomic E-state index is 12.0. The van der Waals surface area contributed by atoms with Crippen molar-refractivity contribution in [2.45, 2.75) is 31.3 Å². The summed E-state index contributed by atoms with van der Waals surface area (Å²) >= 11 is 0. The Bertz CT molecular complexity index is 434. The number of aliphatic hydroxyl groups is 1. The normalized spacial score (nSPS) is 20.1. The summed E-state index contributed by atoms with van der Waals surface area (Å²) in [5.74, 6) is -0.195. The van der Waals surface area contributed by atoms with Gasteiger partial charge in [0.15, 0.2) is 0 Å². The van der Waals surface area contributed by atoms with Crippen LogP contribution in [0.4, 0.5) is 0 Å². The lowest BCUT2D eigenvalue weighted by molar-refractivity contribution is -0.134. The molecule has 0 fully saturated rings. The minimum Gasteiger partial charge on any atom is -0.394 e. The quantitative estimate of drug-likeness (QED) is 0.833. The molecule has 1 aromatic rings. The van der Waals surface area contributed by atoms with Crippen molar-refractivity contribution < 1.29 is 9.90 Å². The van der Waals surface area contributed by atoms with E-state index in [4.69, 9.17) is 10.8 Å². The molecule has 4 nitrogen and oxygen atoms in total. The highest BCUT2D eigenvalue weighted by molar-refractivity contribution is 5.82. The molecule has 0 radical (unpaired) electrons. The first-order valence-corrected chi connectivity index (χ1v) is 6.36. The molecule has 0 aliphatic heterocycles. The molecule has 0 unspecified atom stereocenters. The number of fused-ring (bicyclic) bond motifs is 1. The Morgan fingerprint density at radius 3 is 3.00 bits per heavy atom. The topological polar surface area (TPSA) is 66.6 Å². The van der Waals surface area contributed by atoms with Crippen LogP contribution in [0, 0.1) is 0 Å². The van der Waals surface area contributed by atoms with E-state index in [-0.39, 0.29) is 18.6 Å². The van der Waals surface area contributed by atoms with Crippen molar-refractivity contribution in [3.05, 3.63) is 35.4 Å². The van der Waals surface area contributed by atoms with E-state index in [0.29, 0.717) is 0 Å². The summed E-state index contributed by atoms with van der Waals surface area (Å²) in [5, 5.41) is 8.98. The fraction of sp³-hybridized carbons (Fsp3) is 0.500. The first-order valence-electron chi connectivity index (χ1n) is 6.36. The third-order valence-corrected chi connectivity index (χ3v) is 3.67. The molecule has 0 heterocycles. The number of carbonyl (C=O) groups excluding carboxylic acids is 1. The van der Waals surface area contributed by atoms with Gasteiger partial charge in [0.2, 0.25) is 5.91 Å². The van der Waals surface area contributed by atoms with Crippen molar-refractivity contribution in [1.29, 1.82) is 0 Å². The smallest absolute Gasteiger partial charge is 0.242 e. The van der Waals surface area contributed by atoms with E-state index in [9.17, 15) is 4.79 Å². The molecule has 0 spiro atoms. The Balaban J connectivity index is 2.22. The van der Waals surface area contributed by atoms with Crippen molar-refractivity contribution in [2.24, 2.45) is 5.73 Å². The van der Waals surface area contributed by atoms with Gasteiger partial charge >= 0.3 is 0 Å². The molecule has 2 rings (SSSR count). The van der Waals surface area contributed by atoms with Crippen LogP contribution in [0.1, 0.15) is 30.0 Å². The van der Waals surface area contributed by atoms with Crippen LogP contribution < -0.4 is 5.73 Å². The Morgan fingerprint density at radius 1 is 1.56 bits per heavy atom. The minimum atomic E-state index is -0.816. The Kier molecular flexibility index (Phi) is 3.99. The number of nitrogens with zero attached hydrogens (tertiary/aromatic N) is 1. The second kappa shape index (κ2) is 5.50. The molecular weight excluding hydrogens is 228 g/mol. The van der Waals surface area contributed by atoms with Gasteiger partial charge in [0, 0.05) is 7.05 Å². The number of nitrogens with two attached hydrogens (primary N) is 1. The van der Waals surface area contributed by atoms with Crippen LogP contribution in [-0.4, -0.2) is 35.6 Å². The lowest BCUT2D eigenvalue weighted by atomic mass is 9.87. The number of aliphatic hydroxyl groups excluding tert-OH is 1. The average molecular weight is 248 g/mol. The van der Waals surface area contributed by atoms with Gasteiger partial charge in [-0.05, 0) is 30.4 Å². The molecule has 2 atom stereocenters. The predicted octanol–water partition coefficient (Wildman–Crippen LogP) is 0.842. The molecule has 1 aliphatic rings. The van der Waals surface area contributed by atoms with Crippen LogP contribution in [0.15, 0.2) is 24.3 Å². The zero-order chi connectivity index (χ0) is 13.1. The number of hydrogen-bond acceptors (Lipinski definition) is 3. The van der Waals surface area contributed by atoms with Gasteiger partial charge in [-0.3, -0.25) is 4.79 Å². The first kappa shape index (κ1) is 13.1. The third kappa shape index (κ3) is 2.40. The van der Waals surface area contributed by atoms with Crippen LogP contribution in [-0.2, 0) is 11.2 Å². The van der Waals surface area contributed by atoms with E-state index >= 15 is 0 Å². The summed E-state index contributed by atoms with van der Waals surface area (Å²) in [7, 11) is 1.77. The fourth-order valence-electron chi connectivity index (χ4n) is 2.62. The maximum Gasteiger partial charge on any atom is 0.242 e. The van der Waals surface area contributed by atoms with Gasteiger partial charge in [-0.15, -0.1) is 0 Å². The van der Waals surface area contributed by atoms with Crippen molar-refractivity contribution in [3.8, 4) is 0 Å².